The summed E-state index contributed by atoms with van der Waals surface area (Å²) in [5, 5.41) is 3.45. The molecule has 0 aromatic carbocycles. The Hall–Kier alpha value is -1.36. The van der Waals surface area contributed by atoms with Crippen LogP contribution in [-0.4, -0.2) is 36.1 Å². The minimum atomic E-state index is 0.398. The quantitative estimate of drug-likeness (QED) is 0.768. The number of rotatable bonds is 2. The van der Waals surface area contributed by atoms with E-state index in [9.17, 15) is 0 Å². The van der Waals surface area contributed by atoms with Gasteiger partial charge in [-0.05, 0) is 18.3 Å². The zero-order valence-corrected chi connectivity index (χ0v) is 10.2. The van der Waals surface area contributed by atoms with Gasteiger partial charge in [0.05, 0.1) is 0 Å². The van der Waals surface area contributed by atoms with Gasteiger partial charge in [-0.3, -0.25) is 0 Å². The van der Waals surface area contributed by atoms with Crippen molar-refractivity contribution in [1.29, 1.82) is 0 Å². The molecule has 0 bridgehead atoms. The zero-order chi connectivity index (χ0) is 11.8. The number of aromatic nitrogens is 2. The molecule has 3 heterocycles. The fourth-order valence-electron chi connectivity index (χ4n) is 2.89. The second-order valence-corrected chi connectivity index (χ2v) is 5.01. The summed E-state index contributed by atoms with van der Waals surface area (Å²) in [5.74, 6) is 2.95. The Morgan fingerprint density at radius 2 is 2.06 bits per heavy atom. The molecule has 5 nitrogen and oxygen atoms in total. The molecule has 3 N–H and O–H groups in total. The minimum Gasteiger partial charge on any atom is -0.368 e. The average molecular weight is 233 g/mol. The summed E-state index contributed by atoms with van der Waals surface area (Å²) in [5.41, 5.74) is 6.79. The standard InChI is InChI=1S/C12H19N5/c1-2-10-3-11(16-12(13)15-10)17-6-8-4-14-5-9(8)7-17/h3,8-9,14H,2,4-7H2,1H3,(H2,13,15,16). The maximum Gasteiger partial charge on any atom is 0.222 e. The van der Waals surface area contributed by atoms with E-state index in [0.717, 1.165) is 55.9 Å². The average Bonchev–Trinajstić information content (AvgIpc) is 2.88. The predicted molar refractivity (Wildman–Crippen MR) is 67.9 cm³/mol. The third kappa shape index (κ3) is 1.95. The fraction of sp³-hybridized carbons (Fsp3) is 0.667. The number of hydrogen-bond donors (Lipinski definition) is 2. The molecule has 2 fully saturated rings. The van der Waals surface area contributed by atoms with Gasteiger partial charge in [0.25, 0.3) is 0 Å². The Balaban J connectivity index is 1.82. The third-order valence-electron chi connectivity index (χ3n) is 3.86. The monoisotopic (exact) mass is 233 g/mol. The van der Waals surface area contributed by atoms with Crippen LogP contribution in [0.3, 0.4) is 0 Å². The van der Waals surface area contributed by atoms with Gasteiger partial charge >= 0.3 is 0 Å². The maximum atomic E-state index is 5.76. The molecule has 5 heteroatoms. The predicted octanol–water partition coefficient (Wildman–Crippen LogP) is 0.277. The number of aryl methyl sites for hydroxylation is 1. The van der Waals surface area contributed by atoms with E-state index in [2.05, 4.69) is 33.2 Å². The van der Waals surface area contributed by atoms with E-state index < -0.39 is 0 Å². The molecule has 0 aliphatic carbocycles. The second kappa shape index (κ2) is 4.14. The molecule has 0 radical (unpaired) electrons. The Kier molecular flexibility index (Phi) is 2.63. The highest BCUT2D eigenvalue weighted by Gasteiger charge is 2.36. The van der Waals surface area contributed by atoms with Crippen LogP contribution < -0.4 is 16.0 Å². The lowest BCUT2D eigenvalue weighted by Crippen LogP contribution is -2.26. The molecule has 2 unspecified atom stereocenters. The van der Waals surface area contributed by atoms with Crippen molar-refractivity contribution < 1.29 is 0 Å². The summed E-state index contributed by atoms with van der Waals surface area (Å²) < 4.78 is 0. The van der Waals surface area contributed by atoms with Crippen LogP contribution in [0.2, 0.25) is 0 Å². The number of hydrogen-bond acceptors (Lipinski definition) is 5. The van der Waals surface area contributed by atoms with Crippen LogP contribution in [-0.2, 0) is 6.42 Å². The van der Waals surface area contributed by atoms with Gasteiger partial charge < -0.3 is 16.0 Å². The van der Waals surface area contributed by atoms with Gasteiger partial charge in [-0.1, -0.05) is 6.92 Å². The molecule has 2 atom stereocenters. The summed E-state index contributed by atoms with van der Waals surface area (Å²) in [6, 6.07) is 2.07. The molecule has 92 valence electrons. The van der Waals surface area contributed by atoms with E-state index in [1.54, 1.807) is 0 Å². The number of nitrogens with zero attached hydrogens (tertiary/aromatic N) is 3. The van der Waals surface area contributed by atoms with Crippen molar-refractivity contribution in [2.45, 2.75) is 13.3 Å². The Labute approximate surface area is 101 Å². The third-order valence-corrected chi connectivity index (χ3v) is 3.86. The van der Waals surface area contributed by atoms with Crippen LogP contribution in [0.4, 0.5) is 11.8 Å². The van der Waals surface area contributed by atoms with Gasteiger partial charge in [-0.25, -0.2) is 4.98 Å². The van der Waals surface area contributed by atoms with Crippen LogP contribution in [0, 0.1) is 11.8 Å². The zero-order valence-electron chi connectivity index (χ0n) is 10.2. The lowest BCUT2D eigenvalue weighted by molar-refractivity contribution is 0.533. The lowest BCUT2D eigenvalue weighted by Gasteiger charge is -2.19. The van der Waals surface area contributed by atoms with E-state index in [1.165, 1.54) is 0 Å². The first-order chi connectivity index (χ1) is 8.26. The van der Waals surface area contributed by atoms with Crippen molar-refractivity contribution in [3.05, 3.63) is 11.8 Å². The number of nitrogen functional groups attached to an aromatic ring is 1. The summed E-state index contributed by atoms with van der Waals surface area (Å²) in [4.78, 5) is 10.9. The van der Waals surface area contributed by atoms with Gasteiger partial charge in [0, 0.05) is 37.9 Å². The highest BCUT2D eigenvalue weighted by molar-refractivity contribution is 5.45. The van der Waals surface area contributed by atoms with Crippen LogP contribution in [0.5, 0.6) is 0 Å². The van der Waals surface area contributed by atoms with E-state index in [0.29, 0.717) is 5.95 Å². The van der Waals surface area contributed by atoms with Crippen molar-refractivity contribution in [3.63, 3.8) is 0 Å². The van der Waals surface area contributed by atoms with Crippen LogP contribution in [0.15, 0.2) is 6.07 Å². The normalized spacial score (nSPS) is 27.5. The minimum absolute atomic E-state index is 0.398. The molecule has 2 aliphatic rings. The summed E-state index contributed by atoms with van der Waals surface area (Å²) in [6.07, 6.45) is 0.905. The first-order valence-electron chi connectivity index (χ1n) is 6.35. The lowest BCUT2D eigenvalue weighted by atomic mass is 10.0. The molecule has 0 amide bonds. The van der Waals surface area contributed by atoms with Gasteiger partial charge in [0.1, 0.15) is 5.82 Å². The number of fused-ring (bicyclic) bond motifs is 1. The van der Waals surface area contributed by atoms with E-state index >= 15 is 0 Å². The number of nitrogens with two attached hydrogens (primary N) is 1. The number of anilines is 2. The van der Waals surface area contributed by atoms with E-state index in [1.807, 2.05) is 0 Å². The first kappa shape index (κ1) is 10.8. The van der Waals surface area contributed by atoms with E-state index in [-0.39, 0.29) is 0 Å². The Morgan fingerprint density at radius 3 is 2.71 bits per heavy atom. The van der Waals surface area contributed by atoms with Crippen LogP contribution >= 0.6 is 0 Å². The van der Waals surface area contributed by atoms with Gasteiger partial charge in [0.2, 0.25) is 5.95 Å². The van der Waals surface area contributed by atoms with Crippen LogP contribution in [0.1, 0.15) is 12.6 Å². The molecule has 2 saturated heterocycles. The topological polar surface area (TPSA) is 67.1 Å². The van der Waals surface area contributed by atoms with E-state index in [4.69, 9.17) is 5.73 Å². The van der Waals surface area contributed by atoms with Crippen molar-refractivity contribution in [2.75, 3.05) is 36.8 Å². The summed E-state index contributed by atoms with van der Waals surface area (Å²) in [6.45, 7) is 6.56. The van der Waals surface area contributed by atoms with Crippen LogP contribution in [0.25, 0.3) is 0 Å². The maximum absolute atomic E-state index is 5.76. The highest BCUT2D eigenvalue weighted by atomic mass is 15.2. The highest BCUT2D eigenvalue weighted by Crippen LogP contribution is 2.29. The molecule has 1 aromatic rings. The van der Waals surface area contributed by atoms with Crippen molar-refractivity contribution >= 4 is 11.8 Å². The molecule has 0 saturated carbocycles. The van der Waals surface area contributed by atoms with Gasteiger partial charge in [-0.15, -0.1) is 0 Å². The second-order valence-electron chi connectivity index (χ2n) is 5.01. The molecule has 3 rings (SSSR count). The molecule has 2 aliphatic heterocycles. The molecule has 1 aromatic heterocycles. The fourth-order valence-corrected chi connectivity index (χ4v) is 2.89. The molecule has 17 heavy (non-hydrogen) atoms. The van der Waals surface area contributed by atoms with Gasteiger partial charge in [0.15, 0.2) is 0 Å². The Bertz CT molecular complexity index is 407. The molecule has 0 spiro atoms. The first-order valence-corrected chi connectivity index (χ1v) is 6.35. The van der Waals surface area contributed by atoms with Crippen molar-refractivity contribution in [2.24, 2.45) is 11.8 Å². The van der Waals surface area contributed by atoms with Crippen molar-refractivity contribution in [1.82, 2.24) is 15.3 Å². The smallest absolute Gasteiger partial charge is 0.222 e. The molecular formula is C12H19N5. The Morgan fingerprint density at radius 1 is 1.35 bits per heavy atom. The summed E-state index contributed by atoms with van der Waals surface area (Å²) in [7, 11) is 0. The summed E-state index contributed by atoms with van der Waals surface area (Å²) >= 11 is 0. The SMILES string of the molecule is CCc1cc(N2CC3CNCC3C2)nc(N)n1. The van der Waals surface area contributed by atoms with Gasteiger partial charge in [-0.2, -0.15) is 4.98 Å². The largest absolute Gasteiger partial charge is 0.368 e. The molecular weight excluding hydrogens is 214 g/mol. The number of nitrogens with one attached hydrogen (secondary N) is 1. The van der Waals surface area contributed by atoms with Crippen molar-refractivity contribution in [3.8, 4) is 0 Å².